The van der Waals surface area contributed by atoms with Gasteiger partial charge < -0.3 is 14.7 Å². The fourth-order valence-corrected chi connectivity index (χ4v) is 3.85. The van der Waals surface area contributed by atoms with Crippen molar-refractivity contribution in [1.82, 2.24) is 4.90 Å². The second kappa shape index (κ2) is 9.85. The van der Waals surface area contributed by atoms with E-state index in [4.69, 9.17) is 4.74 Å². The van der Waals surface area contributed by atoms with Gasteiger partial charge in [0.2, 0.25) is 0 Å². The highest BCUT2D eigenvalue weighted by Gasteiger charge is 2.19. The van der Waals surface area contributed by atoms with E-state index < -0.39 is 6.10 Å². The van der Waals surface area contributed by atoms with Crippen LogP contribution in [0.3, 0.4) is 0 Å². The molecule has 28 heavy (non-hydrogen) atoms. The van der Waals surface area contributed by atoms with Gasteiger partial charge in [-0.25, -0.2) is 0 Å². The molecule has 1 aliphatic heterocycles. The van der Waals surface area contributed by atoms with Gasteiger partial charge in [-0.15, -0.1) is 0 Å². The van der Waals surface area contributed by atoms with Crippen molar-refractivity contribution in [1.29, 1.82) is 0 Å². The van der Waals surface area contributed by atoms with Gasteiger partial charge in [-0.1, -0.05) is 48.5 Å². The van der Waals surface area contributed by atoms with Crippen molar-refractivity contribution >= 4 is 5.97 Å². The lowest BCUT2D eigenvalue weighted by molar-refractivity contribution is -0.145. The number of carbonyl (C=O) groups is 1. The van der Waals surface area contributed by atoms with E-state index in [1.165, 1.54) is 24.9 Å². The summed E-state index contributed by atoms with van der Waals surface area (Å²) in [6.45, 7) is 6.78. The van der Waals surface area contributed by atoms with Gasteiger partial charge in [0.25, 0.3) is 0 Å². The van der Waals surface area contributed by atoms with Crippen molar-refractivity contribution in [3.05, 3.63) is 59.7 Å². The highest BCUT2D eigenvalue weighted by molar-refractivity contribution is 5.70. The summed E-state index contributed by atoms with van der Waals surface area (Å²) in [7, 11) is 0. The highest BCUT2D eigenvalue weighted by Crippen LogP contribution is 2.24. The topological polar surface area (TPSA) is 49.8 Å². The first-order chi connectivity index (χ1) is 13.6. The van der Waals surface area contributed by atoms with Gasteiger partial charge in [-0.05, 0) is 61.9 Å². The number of rotatable bonds is 8. The average molecular weight is 382 g/mol. The highest BCUT2D eigenvalue weighted by atomic mass is 16.5. The number of ether oxygens (including phenoxy) is 1. The molecule has 0 spiro atoms. The number of aliphatic hydroxyl groups is 1. The third kappa shape index (κ3) is 5.43. The summed E-state index contributed by atoms with van der Waals surface area (Å²) in [5.41, 5.74) is 4.36. The van der Waals surface area contributed by atoms with Crippen molar-refractivity contribution in [2.45, 2.75) is 51.7 Å². The van der Waals surface area contributed by atoms with Crippen LogP contribution in [0.2, 0.25) is 0 Å². The molecule has 1 heterocycles. The van der Waals surface area contributed by atoms with Crippen LogP contribution >= 0.6 is 0 Å². The zero-order chi connectivity index (χ0) is 19.9. The molecular weight excluding hydrogens is 350 g/mol. The van der Waals surface area contributed by atoms with Crippen LogP contribution in [0.4, 0.5) is 0 Å². The average Bonchev–Trinajstić information content (AvgIpc) is 3.12. The van der Waals surface area contributed by atoms with Crippen LogP contribution in [0.15, 0.2) is 48.5 Å². The molecule has 2 aromatic rings. The second-order valence-electron chi connectivity index (χ2n) is 7.62. The number of nitrogens with zero attached hydrogens (tertiary/aromatic N) is 1. The van der Waals surface area contributed by atoms with E-state index in [-0.39, 0.29) is 12.4 Å². The van der Waals surface area contributed by atoms with Crippen molar-refractivity contribution in [3.63, 3.8) is 0 Å². The lowest BCUT2D eigenvalue weighted by atomic mass is 9.99. The summed E-state index contributed by atoms with van der Waals surface area (Å²) >= 11 is 0. The summed E-state index contributed by atoms with van der Waals surface area (Å²) in [4.78, 5) is 14.1. The summed E-state index contributed by atoms with van der Waals surface area (Å²) in [5, 5.41) is 10.2. The Morgan fingerprint density at radius 1 is 1.14 bits per heavy atom. The van der Waals surface area contributed by atoms with Crippen LogP contribution in [0.25, 0.3) is 11.1 Å². The normalized spacial score (nSPS) is 18.2. The number of likely N-dealkylation sites (tertiary alicyclic amines) is 1. The Labute approximate surface area is 168 Å². The Bertz CT molecular complexity index is 754. The fraction of sp³-hybridized carbons (Fsp3) is 0.458. The monoisotopic (exact) mass is 381 g/mol. The van der Waals surface area contributed by atoms with Gasteiger partial charge in [0.05, 0.1) is 19.1 Å². The Kier molecular flexibility index (Phi) is 7.24. The van der Waals surface area contributed by atoms with Crippen molar-refractivity contribution in [3.8, 4) is 11.1 Å². The first kappa shape index (κ1) is 20.6. The van der Waals surface area contributed by atoms with Crippen LogP contribution in [-0.2, 0) is 16.0 Å². The lowest BCUT2D eigenvalue weighted by Gasteiger charge is -2.20. The van der Waals surface area contributed by atoms with Crippen molar-refractivity contribution < 1.29 is 14.6 Å². The first-order valence-corrected chi connectivity index (χ1v) is 10.3. The van der Waals surface area contributed by atoms with E-state index in [9.17, 15) is 9.90 Å². The second-order valence-corrected chi connectivity index (χ2v) is 7.62. The number of esters is 1. The van der Waals surface area contributed by atoms with E-state index >= 15 is 0 Å². The largest absolute Gasteiger partial charge is 0.466 e. The summed E-state index contributed by atoms with van der Waals surface area (Å²) in [6.07, 6.45) is 2.89. The van der Waals surface area contributed by atoms with Gasteiger partial charge in [-0.3, -0.25) is 4.79 Å². The maximum absolute atomic E-state index is 11.5. The predicted molar refractivity (Wildman–Crippen MR) is 112 cm³/mol. The van der Waals surface area contributed by atoms with Gasteiger partial charge in [0.1, 0.15) is 0 Å². The maximum Gasteiger partial charge on any atom is 0.308 e. The van der Waals surface area contributed by atoms with E-state index in [0.29, 0.717) is 6.61 Å². The quantitative estimate of drug-likeness (QED) is 0.690. The van der Waals surface area contributed by atoms with Gasteiger partial charge in [0, 0.05) is 12.6 Å². The molecule has 1 saturated heterocycles. The zero-order valence-electron chi connectivity index (χ0n) is 16.9. The molecule has 150 valence electrons. The Balaban J connectivity index is 1.57. The number of hydrogen-bond donors (Lipinski definition) is 1. The number of carbonyl (C=O) groups excluding carboxylic acids is 1. The van der Waals surface area contributed by atoms with E-state index in [2.05, 4.69) is 36.1 Å². The molecule has 0 amide bonds. The van der Waals surface area contributed by atoms with E-state index in [1.807, 2.05) is 24.3 Å². The van der Waals surface area contributed by atoms with Crippen LogP contribution in [0.1, 0.15) is 50.3 Å². The standard InChI is InChI=1S/C24H31NO3/c1-3-28-24(27)17-23(26)22-12-10-21(11-13-22)20-8-6-19(7-9-20)14-16-25-15-4-5-18(25)2/h6-13,18,23,26H,3-5,14-17H2,1-2H3/t18-,23?/m1/s1. The summed E-state index contributed by atoms with van der Waals surface area (Å²) < 4.78 is 4.89. The fourth-order valence-electron chi connectivity index (χ4n) is 3.85. The first-order valence-electron chi connectivity index (χ1n) is 10.3. The van der Waals surface area contributed by atoms with Crippen molar-refractivity contribution in [2.24, 2.45) is 0 Å². The minimum Gasteiger partial charge on any atom is -0.466 e. The molecular formula is C24H31NO3. The summed E-state index contributed by atoms with van der Waals surface area (Å²) in [5.74, 6) is -0.377. The molecule has 0 saturated carbocycles. The van der Waals surface area contributed by atoms with Gasteiger partial charge in [-0.2, -0.15) is 0 Å². The number of benzene rings is 2. The maximum atomic E-state index is 11.5. The van der Waals surface area contributed by atoms with Crippen LogP contribution in [0.5, 0.6) is 0 Å². The van der Waals surface area contributed by atoms with E-state index in [1.54, 1.807) is 6.92 Å². The molecule has 0 aromatic heterocycles. The summed E-state index contributed by atoms with van der Waals surface area (Å²) in [6, 6.07) is 17.2. The van der Waals surface area contributed by atoms with Crippen LogP contribution in [0, 0.1) is 0 Å². The molecule has 0 bridgehead atoms. The Morgan fingerprint density at radius 3 is 2.36 bits per heavy atom. The molecule has 4 nitrogen and oxygen atoms in total. The molecule has 0 aliphatic carbocycles. The third-order valence-corrected chi connectivity index (χ3v) is 5.63. The Hall–Kier alpha value is -2.17. The SMILES string of the molecule is CCOC(=O)CC(O)c1ccc(-c2ccc(CCN3CCC[C@H]3C)cc2)cc1. The molecule has 2 aromatic carbocycles. The minimum atomic E-state index is -0.830. The number of aliphatic hydroxyl groups excluding tert-OH is 1. The number of hydrogen-bond acceptors (Lipinski definition) is 4. The molecule has 1 N–H and O–H groups in total. The molecule has 3 rings (SSSR count). The van der Waals surface area contributed by atoms with Crippen LogP contribution < -0.4 is 0 Å². The molecule has 4 heteroatoms. The third-order valence-electron chi connectivity index (χ3n) is 5.63. The van der Waals surface area contributed by atoms with Crippen LogP contribution in [-0.4, -0.2) is 41.7 Å². The van der Waals surface area contributed by atoms with Gasteiger partial charge in [0.15, 0.2) is 0 Å². The predicted octanol–water partition coefficient (Wildman–Crippen LogP) is 4.37. The molecule has 1 fully saturated rings. The molecule has 0 radical (unpaired) electrons. The zero-order valence-corrected chi connectivity index (χ0v) is 16.9. The van der Waals surface area contributed by atoms with Crippen molar-refractivity contribution in [2.75, 3.05) is 19.7 Å². The van der Waals surface area contributed by atoms with Gasteiger partial charge >= 0.3 is 5.97 Å². The molecule has 1 aliphatic rings. The molecule has 1 unspecified atom stereocenters. The smallest absolute Gasteiger partial charge is 0.308 e. The Morgan fingerprint density at radius 2 is 1.79 bits per heavy atom. The molecule has 2 atom stereocenters. The minimum absolute atomic E-state index is 0.0164. The lowest BCUT2D eigenvalue weighted by Crippen LogP contribution is -2.28. The van der Waals surface area contributed by atoms with E-state index in [0.717, 1.165) is 35.7 Å².